The molecule has 2 saturated heterocycles. The lowest BCUT2D eigenvalue weighted by molar-refractivity contribution is -0.135. The smallest absolute Gasteiger partial charge is 0.240 e. The van der Waals surface area contributed by atoms with Gasteiger partial charge in [-0.15, -0.1) is 12.6 Å². The number of nitrogens with one attached hydrogen (secondary N) is 1. The fraction of sp³-hybridized carbons (Fsp3) is 0.700. The molecule has 16 heavy (non-hydrogen) atoms. The van der Waals surface area contributed by atoms with Crippen LogP contribution in [0.5, 0.6) is 0 Å². The second-order valence-electron chi connectivity index (χ2n) is 4.14. The predicted molar refractivity (Wildman–Crippen MR) is 67.7 cm³/mol. The first-order chi connectivity index (χ1) is 7.61. The molecule has 0 bridgehead atoms. The zero-order chi connectivity index (χ0) is 11.7. The third-order valence-electron chi connectivity index (χ3n) is 3.09. The van der Waals surface area contributed by atoms with Crippen LogP contribution in [0.1, 0.15) is 19.3 Å². The van der Waals surface area contributed by atoms with Crippen LogP contribution in [0.15, 0.2) is 0 Å². The summed E-state index contributed by atoms with van der Waals surface area (Å²) in [4.78, 5) is 25.7. The molecule has 2 aliphatic rings. The molecule has 0 saturated carbocycles. The molecule has 2 aliphatic heterocycles. The van der Waals surface area contributed by atoms with Crippen LogP contribution in [0.25, 0.3) is 0 Å². The van der Waals surface area contributed by atoms with E-state index in [1.807, 2.05) is 0 Å². The summed E-state index contributed by atoms with van der Waals surface area (Å²) in [6, 6.07) is -0.732. The van der Waals surface area contributed by atoms with E-state index < -0.39 is 6.04 Å². The van der Waals surface area contributed by atoms with Gasteiger partial charge in [-0.3, -0.25) is 9.59 Å². The summed E-state index contributed by atoms with van der Waals surface area (Å²) < 4.78 is 0. The number of likely N-dealkylation sites (tertiary alicyclic amines) is 1. The Morgan fingerprint density at radius 3 is 2.81 bits per heavy atom. The summed E-state index contributed by atoms with van der Waals surface area (Å²) >= 11 is 8.91. The van der Waals surface area contributed by atoms with Gasteiger partial charge in [-0.1, -0.05) is 12.2 Å². The highest BCUT2D eigenvalue weighted by Gasteiger charge is 2.39. The summed E-state index contributed by atoms with van der Waals surface area (Å²) in [6.45, 7) is 1.42. The van der Waals surface area contributed by atoms with Crippen molar-refractivity contribution in [3.8, 4) is 0 Å². The van der Waals surface area contributed by atoms with Crippen LogP contribution in [0.2, 0.25) is 0 Å². The minimum atomic E-state index is -0.590. The Morgan fingerprint density at radius 1 is 1.50 bits per heavy atom. The number of rotatable bonds is 2. The Bertz CT molecular complexity index is 340. The molecule has 0 unspecified atom stereocenters. The quantitative estimate of drug-likeness (QED) is 0.547. The number of amides is 1. The molecule has 88 valence electrons. The topological polar surface area (TPSA) is 49.4 Å². The van der Waals surface area contributed by atoms with E-state index in [4.69, 9.17) is 12.2 Å². The van der Waals surface area contributed by atoms with Crippen molar-refractivity contribution >= 4 is 40.7 Å². The average molecular weight is 258 g/mol. The molecule has 0 aromatic carbocycles. The van der Waals surface area contributed by atoms with Crippen molar-refractivity contribution in [1.29, 1.82) is 0 Å². The molecule has 0 radical (unpaired) electrons. The van der Waals surface area contributed by atoms with E-state index in [0.717, 1.165) is 19.4 Å². The number of hydrogen-bond acceptors (Lipinski definition) is 4. The zero-order valence-corrected chi connectivity index (χ0v) is 10.5. The Balaban J connectivity index is 2.10. The first-order valence-corrected chi connectivity index (χ1v) is 6.26. The number of nitrogens with zero attached hydrogens (tertiary/aromatic N) is 1. The molecular formula is C10H14N2O2S2. The highest BCUT2D eigenvalue weighted by atomic mass is 32.1. The van der Waals surface area contributed by atoms with E-state index in [0.29, 0.717) is 17.8 Å². The lowest BCUT2D eigenvalue weighted by Crippen LogP contribution is -2.48. The Morgan fingerprint density at radius 2 is 2.25 bits per heavy atom. The van der Waals surface area contributed by atoms with E-state index in [-0.39, 0.29) is 17.1 Å². The minimum absolute atomic E-state index is 0.00949. The number of carbonyl (C=O) groups excluding carboxylic acids is 2. The Kier molecular flexibility index (Phi) is 3.61. The summed E-state index contributed by atoms with van der Waals surface area (Å²) in [5, 5.41) is 2.81. The van der Waals surface area contributed by atoms with Crippen molar-refractivity contribution in [3.63, 3.8) is 0 Å². The van der Waals surface area contributed by atoms with Gasteiger partial charge in [-0.05, 0) is 25.8 Å². The Hall–Kier alpha value is -0.460. The normalized spacial score (nSPS) is 29.8. The molecule has 0 aromatic rings. The third-order valence-corrected chi connectivity index (χ3v) is 3.76. The maximum Gasteiger partial charge on any atom is 0.240 e. The predicted octanol–water partition coefficient (Wildman–Crippen LogP) is 0.166. The first kappa shape index (κ1) is 12.0. The van der Waals surface area contributed by atoms with Crippen LogP contribution in [-0.2, 0) is 9.59 Å². The highest BCUT2D eigenvalue weighted by molar-refractivity contribution is 7.97. The van der Waals surface area contributed by atoms with Gasteiger partial charge >= 0.3 is 0 Å². The molecule has 1 amide bonds. The van der Waals surface area contributed by atoms with Crippen molar-refractivity contribution in [3.05, 3.63) is 0 Å². The number of thiol groups is 1. The average Bonchev–Trinajstić information content (AvgIpc) is 2.84. The molecule has 2 heterocycles. The van der Waals surface area contributed by atoms with Gasteiger partial charge in [-0.25, -0.2) is 0 Å². The van der Waals surface area contributed by atoms with Crippen LogP contribution in [0.3, 0.4) is 0 Å². The van der Waals surface area contributed by atoms with Crippen LogP contribution < -0.4 is 5.32 Å². The first-order valence-electron chi connectivity index (χ1n) is 5.40. The maximum absolute atomic E-state index is 12.1. The summed E-state index contributed by atoms with van der Waals surface area (Å²) in [5.41, 5.74) is 0. The van der Waals surface area contributed by atoms with Crippen LogP contribution >= 0.6 is 24.8 Å². The van der Waals surface area contributed by atoms with Gasteiger partial charge in [0.05, 0.1) is 6.04 Å². The van der Waals surface area contributed by atoms with E-state index in [1.54, 1.807) is 4.90 Å². The highest BCUT2D eigenvalue weighted by Crippen LogP contribution is 2.20. The molecular weight excluding hydrogens is 244 g/mol. The summed E-state index contributed by atoms with van der Waals surface area (Å²) in [6.07, 6.45) is 2.48. The van der Waals surface area contributed by atoms with Crippen molar-refractivity contribution in [2.75, 3.05) is 13.1 Å². The minimum Gasteiger partial charge on any atom is -0.325 e. The molecule has 6 heteroatoms. The number of thiocarbonyl (C=S) groups is 1. The molecule has 0 spiro atoms. The maximum atomic E-state index is 12.1. The van der Waals surface area contributed by atoms with E-state index >= 15 is 0 Å². The molecule has 2 fully saturated rings. The van der Waals surface area contributed by atoms with Gasteiger partial charge in [0, 0.05) is 11.4 Å². The van der Waals surface area contributed by atoms with E-state index in [9.17, 15) is 9.59 Å². The second-order valence-corrected chi connectivity index (χ2v) is 5.10. The standard InChI is InChI=1S/C10H14N2O2S2/c13-9(6-2-1-4-11-6)12-5-3-7(15)8(12)10(14)16/h6,8,11H,1-5H2,(H,14,16)/t6-,8-/m0/s1. The fourth-order valence-corrected chi connectivity index (χ4v) is 2.98. The lowest BCUT2D eigenvalue weighted by atomic mass is 10.2. The van der Waals surface area contributed by atoms with Crippen LogP contribution in [0, 0.1) is 0 Å². The van der Waals surface area contributed by atoms with Gasteiger partial charge in [0.15, 0.2) is 0 Å². The number of carbonyl (C=O) groups is 2. The Labute approximate surface area is 105 Å². The summed E-state index contributed by atoms with van der Waals surface area (Å²) in [5.74, 6) is -0.00949. The van der Waals surface area contributed by atoms with Crippen LogP contribution in [-0.4, -0.2) is 46.0 Å². The van der Waals surface area contributed by atoms with Gasteiger partial charge in [-0.2, -0.15) is 0 Å². The van der Waals surface area contributed by atoms with Crippen LogP contribution in [0.4, 0.5) is 0 Å². The van der Waals surface area contributed by atoms with Crippen molar-refractivity contribution in [2.45, 2.75) is 31.3 Å². The molecule has 1 N–H and O–H groups in total. The van der Waals surface area contributed by atoms with E-state index in [2.05, 4.69) is 17.9 Å². The second kappa shape index (κ2) is 4.81. The van der Waals surface area contributed by atoms with Gasteiger partial charge in [0.25, 0.3) is 0 Å². The van der Waals surface area contributed by atoms with Crippen molar-refractivity contribution < 1.29 is 9.59 Å². The van der Waals surface area contributed by atoms with Gasteiger partial charge < -0.3 is 10.2 Å². The lowest BCUT2D eigenvalue weighted by Gasteiger charge is -2.25. The largest absolute Gasteiger partial charge is 0.325 e. The van der Waals surface area contributed by atoms with Gasteiger partial charge in [0.1, 0.15) is 6.04 Å². The number of hydrogen-bond donors (Lipinski definition) is 2. The van der Waals surface area contributed by atoms with Gasteiger partial charge in [0.2, 0.25) is 11.0 Å². The van der Waals surface area contributed by atoms with Crippen molar-refractivity contribution in [2.24, 2.45) is 0 Å². The summed E-state index contributed by atoms with van der Waals surface area (Å²) in [7, 11) is 0. The third kappa shape index (κ3) is 2.14. The fourth-order valence-electron chi connectivity index (χ4n) is 2.27. The monoisotopic (exact) mass is 258 g/mol. The molecule has 4 nitrogen and oxygen atoms in total. The molecule has 0 aliphatic carbocycles. The molecule has 0 aromatic heterocycles. The SMILES string of the molecule is O=C(S)[C@@H]1C(=S)CCN1C(=O)[C@@H]1CCCN1. The molecule has 2 rings (SSSR count). The van der Waals surface area contributed by atoms with Crippen molar-refractivity contribution in [1.82, 2.24) is 10.2 Å². The zero-order valence-electron chi connectivity index (χ0n) is 8.81. The van der Waals surface area contributed by atoms with E-state index in [1.165, 1.54) is 0 Å². The molecule has 2 atom stereocenters.